The Bertz CT molecular complexity index is 199. The Kier molecular flexibility index (Phi) is 2.85. The molecule has 2 aliphatic rings. The van der Waals surface area contributed by atoms with Gasteiger partial charge in [0.25, 0.3) is 0 Å². The van der Waals surface area contributed by atoms with Gasteiger partial charge < -0.3 is 0 Å². The summed E-state index contributed by atoms with van der Waals surface area (Å²) in [4.78, 5) is 2.53. The molecular formula is C11H18N2. The Morgan fingerprint density at radius 1 is 1.15 bits per heavy atom. The van der Waals surface area contributed by atoms with Gasteiger partial charge in [0.15, 0.2) is 0 Å². The van der Waals surface area contributed by atoms with Gasteiger partial charge in [-0.2, -0.15) is 5.26 Å². The predicted molar refractivity (Wildman–Crippen MR) is 52.2 cm³/mol. The maximum atomic E-state index is 8.53. The highest BCUT2D eigenvalue weighted by atomic mass is 15.2. The lowest BCUT2D eigenvalue weighted by Gasteiger charge is -2.20. The van der Waals surface area contributed by atoms with Crippen LogP contribution in [-0.4, -0.2) is 24.0 Å². The summed E-state index contributed by atoms with van der Waals surface area (Å²) in [5, 5.41) is 8.53. The van der Waals surface area contributed by atoms with Crippen LogP contribution in [0.25, 0.3) is 0 Å². The van der Waals surface area contributed by atoms with Crippen molar-refractivity contribution in [2.75, 3.05) is 13.1 Å². The molecule has 0 spiro atoms. The van der Waals surface area contributed by atoms with Crippen molar-refractivity contribution in [1.29, 1.82) is 5.26 Å². The van der Waals surface area contributed by atoms with Gasteiger partial charge in [0.2, 0.25) is 0 Å². The van der Waals surface area contributed by atoms with Crippen LogP contribution in [0.5, 0.6) is 0 Å². The zero-order valence-electron chi connectivity index (χ0n) is 8.21. The molecule has 0 aromatic rings. The summed E-state index contributed by atoms with van der Waals surface area (Å²) in [5.74, 6) is 1.03. The van der Waals surface area contributed by atoms with Gasteiger partial charge in [-0.25, -0.2) is 0 Å². The minimum atomic E-state index is 0.709. The quantitative estimate of drug-likeness (QED) is 0.623. The number of hydrogen-bond donors (Lipinski definition) is 0. The molecule has 2 fully saturated rings. The molecule has 0 aromatic carbocycles. The third-order valence-electron chi connectivity index (χ3n) is 3.10. The number of nitrogens with zero attached hydrogens (tertiary/aromatic N) is 2. The highest BCUT2D eigenvalue weighted by molar-refractivity contribution is 4.87. The van der Waals surface area contributed by atoms with E-state index in [-0.39, 0.29) is 0 Å². The molecule has 0 bridgehead atoms. The molecule has 72 valence electrons. The van der Waals surface area contributed by atoms with Crippen LogP contribution >= 0.6 is 0 Å². The standard InChI is InChI=1S/C11H18N2/c12-7-1-8-13(11-4-5-11)9-6-10-2-3-10/h10-11H,1-6,8-9H2. The number of rotatable bonds is 6. The van der Waals surface area contributed by atoms with E-state index in [1.165, 1.54) is 38.6 Å². The van der Waals surface area contributed by atoms with E-state index in [9.17, 15) is 0 Å². The molecule has 0 aromatic heterocycles. The normalized spacial score (nSPS) is 21.8. The highest BCUT2D eigenvalue weighted by Crippen LogP contribution is 2.34. The molecule has 2 heteroatoms. The molecule has 0 heterocycles. The largest absolute Gasteiger partial charge is 0.299 e. The van der Waals surface area contributed by atoms with Crippen LogP contribution in [0, 0.1) is 17.2 Å². The van der Waals surface area contributed by atoms with Crippen LogP contribution in [0.2, 0.25) is 0 Å². The molecule has 0 amide bonds. The lowest BCUT2D eigenvalue weighted by Crippen LogP contribution is -2.28. The third-order valence-corrected chi connectivity index (χ3v) is 3.10. The molecule has 13 heavy (non-hydrogen) atoms. The Balaban J connectivity index is 1.65. The molecule has 0 radical (unpaired) electrons. The minimum Gasteiger partial charge on any atom is -0.299 e. The molecule has 0 atom stereocenters. The minimum absolute atomic E-state index is 0.709. The van der Waals surface area contributed by atoms with E-state index < -0.39 is 0 Å². The SMILES string of the molecule is N#CCCN(CCC1CC1)C1CC1. The molecule has 2 saturated carbocycles. The summed E-state index contributed by atoms with van der Waals surface area (Å²) in [7, 11) is 0. The van der Waals surface area contributed by atoms with Gasteiger partial charge >= 0.3 is 0 Å². The van der Waals surface area contributed by atoms with Crippen molar-refractivity contribution in [1.82, 2.24) is 4.90 Å². The predicted octanol–water partition coefficient (Wildman–Crippen LogP) is 2.16. The van der Waals surface area contributed by atoms with Gasteiger partial charge in [-0.3, -0.25) is 4.90 Å². The van der Waals surface area contributed by atoms with Crippen LogP contribution in [0.3, 0.4) is 0 Å². The zero-order chi connectivity index (χ0) is 9.10. The zero-order valence-corrected chi connectivity index (χ0v) is 8.21. The van der Waals surface area contributed by atoms with Crippen molar-refractivity contribution in [2.45, 2.75) is 44.6 Å². The Morgan fingerprint density at radius 3 is 2.46 bits per heavy atom. The van der Waals surface area contributed by atoms with Gasteiger partial charge in [0.05, 0.1) is 6.07 Å². The summed E-state index contributed by atoms with van der Waals surface area (Å²) < 4.78 is 0. The Morgan fingerprint density at radius 2 is 1.92 bits per heavy atom. The van der Waals surface area contributed by atoms with E-state index in [4.69, 9.17) is 5.26 Å². The second-order valence-electron chi connectivity index (χ2n) is 4.41. The molecule has 0 saturated heterocycles. The Hall–Kier alpha value is -0.550. The second-order valence-corrected chi connectivity index (χ2v) is 4.41. The first kappa shape index (κ1) is 9.02. The summed E-state index contributed by atoms with van der Waals surface area (Å²) in [5.41, 5.74) is 0. The third kappa shape index (κ3) is 3.00. The summed E-state index contributed by atoms with van der Waals surface area (Å²) >= 11 is 0. The molecule has 2 nitrogen and oxygen atoms in total. The first-order valence-corrected chi connectivity index (χ1v) is 5.51. The van der Waals surface area contributed by atoms with Crippen LogP contribution in [0.1, 0.15) is 38.5 Å². The maximum absolute atomic E-state index is 8.53. The van der Waals surface area contributed by atoms with Crippen LogP contribution in [0.15, 0.2) is 0 Å². The highest BCUT2D eigenvalue weighted by Gasteiger charge is 2.30. The van der Waals surface area contributed by atoms with E-state index in [1.54, 1.807) is 0 Å². The van der Waals surface area contributed by atoms with Crippen LogP contribution in [0.4, 0.5) is 0 Å². The van der Waals surface area contributed by atoms with Crippen molar-refractivity contribution in [3.05, 3.63) is 0 Å². The molecule has 2 rings (SSSR count). The summed E-state index contributed by atoms with van der Waals surface area (Å²) in [6.45, 7) is 2.25. The number of hydrogen-bond acceptors (Lipinski definition) is 2. The fourth-order valence-corrected chi connectivity index (χ4v) is 1.87. The average molecular weight is 178 g/mol. The van der Waals surface area contributed by atoms with E-state index in [2.05, 4.69) is 11.0 Å². The fourth-order valence-electron chi connectivity index (χ4n) is 1.87. The van der Waals surface area contributed by atoms with E-state index >= 15 is 0 Å². The van der Waals surface area contributed by atoms with Gasteiger partial charge in [-0.1, -0.05) is 12.8 Å². The van der Waals surface area contributed by atoms with Gasteiger partial charge in [0.1, 0.15) is 0 Å². The van der Waals surface area contributed by atoms with E-state index in [1.807, 2.05) is 0 Å². The van der Waals surface area contributed by atoms with Crippen molar-refractivity contribution < 1.29 is 0 Å². The number of nitriles is 1. The molecular weight excluding hydrogens is 160 g/mol. The lowest BCUT2D eigenvalue weighted by molar-refractivity contribution is 0.261. The first-order chi connectivity index (χ1) is 6.40. The summed E-state index contributed by atoms with van der Waals surface area (Å²) in [6.07, 6.45) is 7.74. The monoisotopic (exact) mass is 178 g/mol. The van der Waals surface area contributed by atoms with Crippen molar-refractivity contribution in [3.8, 4) is 6.07 Å². The van der Waals surface area contributed by atoms with Crippen molar-refractivity contribution in [2.24, 2.45) is 5.92 Å². The molecule has 0 unspecified atom stereocenters. The second kappa shape index (κ2) is 4.11. The molecule has 0 N–H and O–H groups in total. The van der Waals surface area contributed by atoms with E-state index in [0.717, 1.165) is 18.5 Å². The van der Waals surface area contributed by atoms with Crippen molar-refractivity contribution in [3.63, 3.8) is 0 Å². The van der Waals surface area contributed by atoms with Gasteiger partial charge in [-0.15, -0.1) is 0 Å². The maximum Gasteiger partial charge on any atom is 0.0635 e. The van der Waals surface area contributed by atoms with Crippen LogP contribution in [-0.2, 0) is 0 Å². The van der Waals surface area contributed by atoms with Crippen LogP contribution < -0.4 is 0 Å². The van der Waals surface area contributed by atoms with Gasteiger partial charge in [0, 0.05) is 19.0 Å². The van der Waals surface area contributed by atoms with Gasteiger partial charge in [-0.05, 0) is 31.7 Å². The molecule has 2 aliphatic carbocycles. The smallest absolute Gasteiger partial charge is 0.0635 e. The lowest BCUT2D eigenvalue weighted by atomic mass is 10.2. The first-order valence-electron chi connectivity index (χ1n) is 5.51. The Labute approximate surface area is 80.5 Å². The topological polar surface area (TPSA) is 27.0 Å². The van der Waals surface area contributed by atoms with E-state index in [0.29, 0.717) is 6.42 Å². The molecule has 0 aliphatic heterocycles. The van der Waals surface area contributed by atoms with Crippen molar-refractivity contribution >= 4 is 0 Å². The summed E-state index contributed by atoms with van der Waals surface area (Å²) in [6, 6.07) is 3.08. The fraction of sp³-hybridized carbons (Fsp3) is 0.909. The average Bonchev–Trinajstić information content (AvgIpc) is 2.99.